The van der Waals surface area contributed by atoms with Crippen LogP contribution in [0.2, 0.25) is 0 Å². The highest BCUT2D eigenvalue weighted by Gasteiger charge is 2.17. The monoisotopic (exact) mass is 277 g/mol. The Bertz CT molecular complexity index is 624. The van der Waals surface area contributed by atoms with Gasteiger partial charge in [0.05, 0.1) is 24.3 Å². The second-order valence-corrected chi connectivity index (χ2v) is 4.22. The van der Waals surface area contributed by atoms with Crippen LogP contribution in [0, 0.1) is 10.1 Å². The summed E-state index contributed by atoms with van der Waals surface area (Å²) in [7, 11) is 3.20. The number of nitro benzene ring substituents is 1. The molecule has 0 saturated carbocycles. The van der Waals surface area contributed by atoms with E-state index < -0.39 is 4.92 Å². The number of nitrogens with one attached hydrogen (secondary N) is 1. The average molecular weight is 277 g/mol. The third kappa shape index (κ3) is 2.62. The molecule has 1 aromatic carbocycles. The highest BCUT2D eigenvalue weighted by molar-refractivity contribution is 5.63. The number of aromatic nitrogens is 1. The van der Waals surface area contributed by atoms with E-state index >= 15 is 0 Å². The Morgan fingerprint density at radius 3 is 2.85 bits per heavy atom. The van der Waals surface area contributed by atoms with Gasteiger partial charge in [0.25, 0.3) is 0 Å². The van der Waals surface area contributed by atoms with Crippen molar-refractivity contribution in [1.29, 1.82) is 0 Å². The minimum Gasteiger partial charge on any atom is -0.490 e. The van der Waals surface area contributed by atoms with E-state index in [4.69, 9.17) is 9.15 Å². The molecule has 1 aromatic heterocycles. The molecule has 1 N–H and O–H groups in total. The molecule has 0 aliphatic heterocycles. The Morgan fingerprint density at radius 1 is 1.50 bits per heavy atom. The molecule has 2 rings (SSSR count). The van der Waals surface area contributed by atoms with Gasteiger partial charge in [-0.3, -0.25) is 10.1 Å². The first-order chi connectivity index (χ1) is 9.56. The van der Waals surface area contributed by atoms with Crippen molar-refractivity contribution in [3.63, 3.8) is 0 Å². The van der Waals surface area contributed by atoms with E-state index in [9.17, 15) is 10.1 Å². The van der Waals surface area contributed by atoms with E-state index in [1.165, 1.54) is 13.2 Å². The lowest BCUT2D eigenvalue weighted by atomic mass is 10.1. The van der Waals surface area contributed by atoms with Gasteiger partial charge in [-0.1, -0.05) is 0 Å². The molecular formula is C13H15N3O4. The fourth-order valence-electron chi connectivity index (χ4n) is 1.73. The molecule has 106 valence electrons. The van der Waals surface area contributed by atoms with Gasteiger partial charge in [-0.15, -0.1) is 0 Å². The van der Waals surface area contributed by atoms with Crippen molar-refractivity contribution in [2.24, 2.45) is 0 Å². The first-order valence-corrected chi connectivity index (χ1v) is 6.02. The maximum Gasteiger partial charge on any atom is 0.310 e. The molecule has 0 amide bonds. The predicted molar refractivity (Wildman–Crippen MR) is 72.6 cm³/mol. The Labute approximate surface area is 115 Å². The first-order valence-electron chi connectivity index (χ1n) is 6.02. The van der Waals surface area contributed by atoms with Crippen molar-refractivity contribution >= 4 is 5.69 Å². The van der Waals surface area contributed by atoms with Crippen molar-refractivity contribution in [3.05, 3.63) is 40.4 Å². The van der Waals surface area contributed by atoms with E-state index in [-0.39, 0.29) is 17.5 Å². The van der Waals surface area contributed by atoms with Crippen LogP contribution in [-0.4, -0.2) is 24.1 Å². The Kier molecular flexibility index (Phi) is 3.99. The van der Waals surface area contributed by atoms with Crippen LogP contribution in [0.25, 0.3) is 11.3 Å². The fraction of sp³-hybridized carbons (Fsp3) is 0.308. The quantitative estimate of drug-likeness (QED) is 0.667. The largest absolute Gasteiger partial charge is 0.490 e. The highest BCUT2D eigenvalue weighted by Crippen LogP contribution is 2.32. The fourth-order valence-corrected chi connectivity index (χ4v) is 1.73. The number of hydrogen-bond donors (Lipinski definition) is 1. The number of methoxy groups -OCH3 is 1. The average Bonchev–Trinajstić information content (AvgIpc) is 2.95. The number of ether oxygens (including phenoxy) is 1. The minimum atomic E-state index is -0.489. The van der Waals surface area contributed by atoms with Gasteiger partial charge in [-0.05, 0) is 26.1 Å². The van der Waals surface area contributed by atoms with Crippen molar-refractivity contribution in [1.82, 2.24) is 10.3 Å². The molecule has 0 bridgehead atoms. The molecular weight excluding hydrogens is 262 g/mol. The summed E-state index contributed by atoms with van der Waals surface area (Å²) in [5.74, 6) is 1.28. The zero-order valence-electron chi connectivity index (χ0n) is 11.4. The molecule has 1 unspecified atom stereocenters. The van der Waals surface area contributed by atoms with Crippen LogP contribution >= 0.6 is 0 Å². The highest BCUT2D eigenvalue weighted by atomic mass is 16.6. The van der Waals surface area contributed by atoms with E-state index in [2.05, 4.69) is 10.3 Å². The summed E-state index contributed by atoms with van der Waals surface area (Å²) >= 11 is 0. The molecule has 2 aromatic rings. The maximum absolute atomic E-state index is 10.8. The zero-order chi connectivity index (χ0) is 14.7. The Hall–Kier alpha value is -2.41. The number of hydrogen-bond acceptors (Lipinski definition) is 6. The second-order valence-electron chi connectivity index (χ2n) is 4.22. The van der Waals surface area contributed by atoms with E-state index in [0.717, 1.165) is 0 Å². The molecule has 20 heavy (non-hydrogen) atoms. The zero-order valence-corrected chi connectivity index (χ0v) is 11.4. The minimum absolute atomic E-state index is 0.0105. The van der Waals surface area contributed by atoms with Crippen LogP contribution < -0.4 is 10.1 Å². The summed E-state index contributed by atoms with van der Waals surface area (Å²) in [5.41, 5.74) is 0.592. The third-order valence-electron chi connectivity index (χ3n) is 2.99. The Balaban J connectivity index is 2.38. The SMILES string of the molecule is CNC(C)c1ncc(-c2ccc([N+](=O)[O-])c(OC)c2)o1. The van der Waals surface area contributed by atoms with Gasteiger partial charge in [-0.25, -0.2) is 4.98 Å². The van der Waals surface area contributed by atoms with E-state index in [0.29, 0.717) is 17.2 Å². The Morgan fingerprint density at radius 2 is 2.25 bits per heavy atom. The molecule has 1 atom stereocenters. The lowest BCUT2D eigenvalue weighted by Crippen LogP contribution is -2.12. The third-order valence-corrected chi connectivity index (χ3v) is 2.99. The maximum atomic E-state index is 10.8. The number of nitrogens with zero attached hydrogens (tertiary/aromatic N) is 2. The van der Waals surface area contributed by atoms with Gasteiger partial charge in [-0.2, -0.15) is 0 Å². The molecule has 7 heteroatoms. The second kappa shape index (κ2) is 5.70. The van der Waals surface area contributed by atoms with Crippen molar-refractivity contribution in [3.8, 4) is 17.1 Å². The normalized spacial score (nSPS) is 12.2. The lowest BCUT2D eigenvalue weighted by Gasteiger charge is -2.05. The van der Waals surface area contributed by atoms with Gasteiger partial charge in [0, 0.05) is 11.6 Å². The van der Waals surface area contributed by atoms with Gasteiger partial charge in [0.15, 0.2) is 11.5 Å². The lowest BCUT2D eigenvalue weighted by molar-refractivity contribution is -0.385. The van der Waals surface area contributed by atoms with E-state index in [1.807, 2.05) is 14.0 Å². The smallest absolute Gasteiger partial charge is 0.310 e. The van der Waals surface area contributed by atoms with Gasteiger partial charge in [0.2, 0.25) is 5.89 Å². The molecule has 0 saturated heterocycles. The standard InChI is InChI=1S/C13H15N3O4/c1-8(14-2)13-15-7-12(20-13)9-4-5-10(16(17)18)11(6-9)19-3/h4-8,14H,1-3H3. The van der Waals surface area contributed by atoms with Crippen LogP contribution in [0.5, 0.6) is 5.75 Å². The van der Waals surface area contributed by atoms with Crippen molar-refractivity contribution in [2.75, 3.05) is 14.2 Å². The molecule has 0 radical (unpaired) electrons. The summed E-state index contributed by atoms with van der Waals surface area (Å²) in [6.07, 6.45) is 1.59. The molecule has 0 fully saturated rings. The van der Waals surface area contributed by atoms with Crippen LogP contribution in [0.1, 0.15) is 18.9 Å². The summed E-state index contributed by atoms with van der Waals surface area (Å²) in [6.45, 7) is 1.92. The van der Waals surface area contributed by atoms with Gasteiger partial charge >= 0.3 is 5.69 Å². The summed E-state index contributed by atoms with van der Waals surface area (Å²) in [5, 5.41) is 13.9. The van der Waals surface area contributed by atoms with Crippen molar-refractivity contribution in [2.45, 2.75) is 13.0 Å². The van der Waals surface area contributed by atoms with Gasteiger partial charge < -0.3 is 14.5 Å². The van der Waals surface area contributed by atoms with Crippen LogP contribution in [0.15, 0.2) is 28.8 Å². The number of oxazole rings is 1. The van der Waals surface area contributed by atoms with Crippen molar-refractivity contribution < 1.29 is 14.1 Å². The molecule has 0 aliphatic rings. The van der Waals surface area contributed by atoms with Crippen LogP contribution in [0.3, 0.4) is 0 Å². The number of nitro groups is 1. The summed E-state index contributed by atoms with van der Waals surface area (Å²) in [6, 6.07) is 4.54. The van der Waals surface area contributed by atoms with Crippen LogP contribution in [0.4, 0.5) is 5.69 Å². The number of benzene rings is 1. The number of rotatable bonds is 5. The topological polar surface area (TPSA) is 90.4 Å². The van der Waals surface area contributed by atoms with Gasteiger partial charge in [0.1, 0.15) is 0 Å². The molecule has 7 nitrogen and oxygen atoms in total. The molecule has 1 heterocycles. The summed E-state index contributed by atoms with van der Waals surface area (Å²) < 4.78 is 10.7. The summed E-state index contributed by atoms with van der Waals surface area (Å²) in [4.78, 5) is 14.5. The first kappa shape index (κ1) is 14.0. The van der Waals surface area contributed by atoms with E-state index in [1.54, 1.807) is 18.3 Å². The molecule has 0 spiro atoms. The predicted octanol–water partition coefficient (Wildman–Crippen LogP) is 2.54. The molecule has 0 aliphatic carbocycles. The van der Waals surface area contributed by atoms with Crippen LogP contribution in [-0.2, 0) is 0 Å².